The first-order valence-corrected chi connectivity index (χ1v) is 4.11. The molecule has 1 aliphatic rings. The first-order valence-electron chi connectivity index (χ1n) is 4.11. The van der Waals surface area contributed by atoms with Crippen molar-refractivity contribution in [3.63, 3.8) is 0 Å². The summed E-state index contributed by atoms with van der Waals surface area (Å²) < 4.78 is 0. The molecule has 0 saturated heterocycles. The number of allylic oxidation sites excluding steroid dienone is 1. The molecule has 0 heterocycles. The third kappa shape index (κ3) is 1.84. The van der Waals surface area contributed by atoms with Crippen LogP contribution in [0.5, 0.6) is 0 Å². The van der Waals surface area contributed by atoms with E-state index in [4.69, 9.17) is 5.73 Å². The third-order valence-corrected chi connectivity index (χ3v) is 2.22. The van der Waals surface area contributed by atoms with E-state index in [1.54, 1.807) is 0 Å². The second-order valence-corrected chi connectivity index (χ2v) is 3.51. The van der Waals surface area contributed by atoms with Gasteiger partial charge in [0.2, 0.25) is 0 Å². The lowest BCUT2D eigenvalue weighted by molar-refractivity contribution is 0.288. The van der Waals surface area contributed by atoms with Gasteiger partial charge >= 0.3 is 0 Å². The molecule has 1 rings (SSSR count). The van der Waals surface area contributed by atoms with Gasteiger partial charge in [0.15, 0.2) is 0 Å². The first kappa shape index (κ1) is 7.80. The second kappa shape index (κ2) is 3.20. The second-order valence-electron chi connectivity index (χ2n) is 3.51. The molecule has 1 unspecified atom stereocenters. The molecule has 2 N–H and O–H groups in total. The Balaban J connectivity index is 2.33. The van der Waals surface area contributed by atoms with Crippen LogP contribution in [0.4, 0.5) is 0 Å². The molecule has 0 aromatic carbocycles. The normalized spacial score (nSPS) is 21.5. The Morgan fingerprint density at radius 1 is 1.50 bits per heavy atom. The highest BCUT2D eigenvalue weighted by Crippen LogP contribution is 2.29. The van der Waals surface area contributed by atoms with Crippen molar-refractivity contribution in [2.45, 2.75) is 39.2 Å². The molecule has 1 saturated carbocycles. The Morgan fingerprint density at radius 2 is 2.10 bits per heavy atom. The standard InChI is InChI=1S/C9H17N/c1-7(2)6-9(10)8-4-3-5-8/h6,8-9H,3-5,10H2,1-2H3. The fraction of sp³-hybridized carbons (Fsp3) is 0.778. The minimum absolute atomic E-state index is 0.332. The largest absolute Gasteiger partial charge is 0.324 e. The zero-order chi connectivity index (χ0) is 7.56. The van der Waals surface area contributed by atoms with Gasteiger partial charge in [0.1, 0.15) is 0 Å². The predicted molar refractivity (Wildman–Crippen MR) is 44.7 cm³/mol. The van der Waals surface area contributed by atoms with Gasteiger partial charge in [0, 0.05) is 6.04 Å². The van der Waals surface area contributed by atoms with E-state index >= 15 is 0 Å². The average molecular weight is 139 g/mol. The summed E-state index contributed by atoms with van der Waals surface area (Å²) in [5.41, 5.74) is 7.25. The third-order valence-electron chi connectivity index (χ3n) is 2.22. The molecule has 1 nitrogen and oxygen atoms in total. The smallest absolute Gasteiger partial charge is 0.0254 e. The van der Waals surface area contributed by atoms with E-state index < -0.39 is 0 Å². The molecule has 0 aliphatic heterocycles. The van der Waals surface area contributed by atoms with Gasteiger partial charge in [-0.3, -0.25) is 0 Å². The molecule has 58 valence electrons. The summed E-state index contributed by atoms with van der Waals surface area (Å²) in [6, 6.07) is 0.332. The van der Waals surface area contributed by atoms with Gasteiger partial charge in [-0.15, -0.1) is 0 Å². The lowest BCUT2D eigenvalue weighted by Crippen LogP contribution is -2.32. The van der Waals surface area contributed by atoms with Crippen LogP contribution in [0.1, 0.15) is 33.1 Å². The molecule has 0 aromatic rings. The van der Waals surface area contributed by atoms with Gasteiger partial charge in [0.25, 0.3) is 0 Å². The van der Waals surface area contributed by atoms with Crippen LogP contribution >= 0.6 is 0 Å². The van der Waals surface area contributed by atoms with Crippen molar-refractivity contribution < 1.29 is 0 Å². The van der Waals surface area contributed by atoms with Crippen LogP contribution in [-0.4, -0.2) is 6.04 Å². The Kier molecular flexibility index (Phi) is 2.50. The number of nitrogens with two attached hydrogens (primary N) is 1. The fourth-order valence-electron chi connectivity index (χ4n) is 1.35. The van der Waals surface area contributed by atoms with E-state index in [-0.39, 0.29) is 0 Å². The van der Waals surface area contributed by atoms with Crippen molar-refractivity contribution in [3.8, 4) is 0 Å². The highest BCUT2D eigenvalue weighted by molar-refractivity contribution is 5.03. The van der Waals surface area contributed by atoms with Gasteiger partial charge in [0.05, 0.1) is 0 Å². The molecular formula is C9H17N. The zero-order valence-electron chi connectivity index (χ0n) is 6.93. The van der Waals surface area contributed by atoms with E-state index in [0.29, 0.717) is 6.04 Å². The van der Waals surface area contributed by atoms with Crippen molar-refractivity contribution in [3.05, 3.63) is 11.6 Å². The predicted octanol–water partition coefficient (Wildman–Crippen LogP) is 2.08. The topological polar surface area (TPSA) is 26.0 Å². The Morgan fingerprint density at radius 3 is 2.40 bits per heavy atom. The van der Waals surface area contributed by atoms with Gasteiger partial charge in [-0.2, -0.15) is 0 Å². The van der Waals surface area contributed by atoms with Gasteiger partial charge < -0.3 is 5.73 Å². The van der Waals surface area contributed by atoms with Crippen molar-refractivity contribution >= 4 is 0 Å². The monoisotopic (exact) mass is 139 g/mol. The molecule has 0 amide bonds. The Labute approximate surface area is 63.3 Å². The lowest BCUT2D eigenvalue weighted by Gasteiger charge is -2.29. The molecule has 0 radical (unpaired) electrons. The highest BCUT2D eigenvalue weighted by atomic mass is 14.6. The van der Waals surface area contributed by atoms with Crippen LogP contribution in [-0.2, 0) is 0 Å². The minimum Gasteiger partial charge on any atom is -0.324 e. The van der Waals surface area contributed by atoms with Gasteiger partial charge in [-0.05, 0) is 32.6 Å². The van der Waals surface area contributed by atoms with E-state index in [2.05, 4.69) is 19.9 Å². The van der Waals surface area contributed by atoms with E-state index in [0.717, 1.165) is 5.92 Å². The molecular weight excluding hydrogens is 122 g/mol. The van der Waals surface area contributed by atoms with E-state index in [1.165, 1.54) is 24.8 Å². The molecule has 1 heteroatoms. The zero-order valence-corrected chi connectivity index (χ0v) is 6.93. The summed E-state index contributed by atoms with van der Waals surface area (Å²) >= 11 is 0. The molecule has 0 spiro atoms. The molecule has 0 bridgehead atoms. The summed E-state index contributed by atoms with van der Waals surface area (Å²) in [7, 11) is 0. The Hall–Kier alpha value is -0.300. The van der Waals surface area contributed by atoms with E-state index in [1.807, 2.05) is 0 Å². The maximum absolute atomic E-state index is 5.90. The molecule has 10 heavy (non-hydrogen) atoms. The van der Waals surface area contributed by atoms with E-state index in [9.17, 15) is 0 Å². The number of hydrogen-bond acceptors (Lipinski definition) is 1. The highest BCUT2D eigenvalue weighted by Gasteiger charge is 2.22. The fourth-order valence-corrected chi connectivity index (χ4v) is 1.35. The maximum atomic E-state index is 5.90. The Bertz CT molecular complexity index is 130. The summed E-state index contributed by atoms with van der Waals surface area (Å²) in [6.45, 7) is 4.22. The quantitative estimate of drug-likeness (QED) is 0.582. The van der Waals surface area contributed by atoms with Crippen LogP contribution in [0, 0.1) is 5.92 Å². The average Bonchev–Trinajstić information content (AvgIpc) is 1.55. The lowest BCUT2D eigenvalue weighted by atomic mass is 9.80. The molecule has 1 atom stereocenters. The molecule has 0 aromatic heterocycles. The first-order chi connectivity index (χ1) is 4.70. The van der Waals surface area contributed by atoms with Crippen molar-refractivity contribution in [2.24, 2.45) is 11.7 Å². The van der Waals surface area contributed by atoms with Crippen molar-refractivity contribution in [1.82, 2.24) is 0 Å². The van der Waals surface area contributed by atoms with Crippen LogP contribution in [0.2, 0.25) is 0 Å². The van der Waals surface area contributed by atoms with Gasteiger partial charge in [-0.25, -0.2) is 0 Å². The SMILES string of the molecule is CC(C)=CC(N)C1CCC1. The van der Waals surface area contributed by atoms with Crippen LogP contribution < -0.4 is 5.73 Å². The molecule has 1 aliphatic carbocycles. The van der Waals surface area contributed by atoms with Crippen LogP contribution in [0.3, 0.4) is 0 Å². The van der Waals surface area contributed by atoms with Crippen molar-refractivity contribution in [2.75, 3.05) is 0 Å². The minimum atomic E-state index is 0.332. The number of rotatable bonds is 2. The summed E-state index contributed by atoms with van der Waals surface area (Å²) in [4.78, 5) is 0. The summed E-state index contributed by atoms with van der Waals surface area (Å²) in [5, 5.41) is 0. The van der Waals surface area contributed by atoms with Crippen LogP contribution in [0.25, 0.3) is 0 Å². The number of hydrogen-bond donors (Lipinski definition) is 1. The summed E-state index contributed by atoms with van der Waals surface area (Å²) in [5.74, 6) is 0.787. The summed E-state index contributed by atoms with van der Waals surface area (Å²) in [6.07, 6.45) is 6.24. The maximum Gasteiger partial charge on any atom is 0.0254 e. The van der Waals surface area contributed by atoms with Gasteiger partial charge in [-0.1, -0.05) is 18.1 Å². The molecule has 1 fully saturated rings. The van der Waals surface area contributed by atoms with Crippen LogP contribution in [0.15, 0.2) is 11.6 Å². The van der Waals surface area contributed by atoms with Crippen molar-refractivity contribution in [1.29, 1.82) is 0 Å².